The molecule has 2 rings (SSSR count). The monoisotopic (exact) mass is 164 g/mol. The van der Waals surface area contributed by atoms with Crippen LogP contribution in [0, 0.1) is 0 Å². The molecule has 0 bridgehead atoms. The Balaban J connectivity index is 1.91. The Morgan fingerprint density at radius 3 is 3.25 bits per heavy atom. The summed E-state index contributed by atoms with van der Waals surface area (Å²) in [5, 5.41) is 6.77. The molecule has 5 heteroatoms. The van der Waals surface area contributed by atoms with E-state index in [9.17, 15) is 0 Å². The molecule has 5 nitrogen and oxygen atoms in total. The van der Waals surface area contributed by atoms with E-state index in [-0.39, 0.29) is 0 Å². The molecule has 0 unspecified atom stereocenters. The normalized spacial score (nSPS) is 10.0. The number of aromatic amines is 1. The van der Waals surface area contributed by atoms with Gasteiger partial charge in [-0.2, -0.15) is 0 Å². The summed E-state index contributed by atoms with van der Waals surface area (Å²) in [6, 6.07) is 1.80. The summed E-state index contributed by atoms with van der Waals surface area (Å²) < 4.78 is 4.66. The average Bonchev–Trinajstić information content (AvgIpc) is 2.74. The molecule has 0 fully saturated rings. The molecule has 0 saturated carbocycles. The van der Waals surface area contributed by atoms with Crippen LogP contribution < -0.4 is 5.32 Å². The Morgan fingerprint density at radius 1 is 1.58 bits per heavy atom. The molecule has 0 aliphatic carbocycles. The predicted octanol–water partition coefficient (Wildman–Crippen LogP) is 1.01. The summed E-state index contributed by atoms with van der Waals surface area (Å²) in [4.78, 5) is 6.91. The zero-order chi connectivity index (χ0) is 8.23. The van der Waals surface area contributed by atoms with Crippen LogP contribution in [-0.4, -0.2) is 15.1 Å². The van der Waals surface area contributed by atoms with Gasteiger partial charge in [0.25, 0.3) is 0 Å². The first kappa shape index (κ1) is 6.90. The third-order valence-electron chi connectivity index (χ3n) is 1.43. The maximum atomic E-state index is 4.66. The minimum atomic E-state index is 0.615. The van der Waals surface area contributed by atoms with Gasteiger partial charge in [-0.05, 0) is 0 Å². The van der Waals surface area contributed by atoms with Crippen molar-refractivity contribution in [1.29, 1.82) is 0 Å². The first-order valence-corrected chi connectivity index (χ1v) is 3.57. The number of nitrogens with one attached hydrogen (secondary N) is 2. The molecule has 2 heterocycles. The maximum Gasteiger partial charge on any atom is 0.200 e. The minimum absolute atomic E-state index is 0.615. The van der Waals surface area contributed by atoms with Gasteiger partial charge in [0, 0.05) is 18.5 Å². The fraction of sp³-hybridized carbons (Fsp3) is 0.143. The Morgan fingerprint density at radius 2 is 2.58 bits per heavy atom. The van der Waals surface area contributed by atoms with Crippen LogP contribution in [-0.2, 0) is 6.54 Å². The van der Waals surface area contributed by atoms with E-state index < -0.39 is 0 Å². The summed E-state index contributed by atoms with van der Waals surface area (Å²) in [5.41, 5.74) is 0.853. The van der Waals surface area contributed by atoms with Crippen LogP contribution in [0.25, 0.3) is 0 Å². The van der Waals surface area contributed by atoms with Crippen molar-refractivity contribution in [3.63, 3.8) is 0 Å². The summed E-state index contributed by atoms with van der Waals surface area (Å²) in [7, 11) is 0. The lowest BCUT2D eigenvalue weighted by Gasteiger charge is -1.96. The molecule has 0 aliphatic rings. The van der Waals surface area contributed by atoms with Crippen LogP contribution in [0.4, 0.5) is 5.95 Å². The van der Waals surface area contributed by atoms with Gasteiger partial charge in [0.15, 0.2) is 5.95 Å². The van der Waals surface area contributed by atoms with Gasteiger partial charge >= 0.3 is 0 Å². The number of imidazole rings is 1. The first-order valence-electron chi connectivity index (χ1n) is 3.57. The van der Waals surface area contributed by atoms with E-state index in [1.807, 2.05) is 0 Å². The van der Waals surface area contributed by atoms with E-state index in [1.54, 1.807) is 24.7 Å². The molecule has 0 spiro atoms. The highest BCUT2D eigenvalue weighted by Gasteiger charge is 1.96. The van der Waals surface area contributed by atoms with Crippen molar-refractivity contribution in [3.05, 3.63) is 30.4 Å². The van der Waals surface area contributed by atoms with Gasteiger partial charge in [-0.3, -0.25) is 0 Å². The van der Waals surface area contributed by atoms with Gasteiger partial charge in [0.05, 0.1) is 6.54 Å². The topological polar surface area (TPSA) is 66.7 Å². The lowest BCUT2D eigenvalue weighted by atomic mass is 10.4. The molecule has 0 atom stereocenters. The quantitative estimate of drug-likeness (QED) is 0.710. The molecule has 2 aromatic rings. The van der Waals surface area contributed by atoms with E-state index in [0.29, 0.717) is 6.54 Å². The third kappa shape index (κ3) is 1.45. The van der Waals surface area contributed by atoms with Crippen molar-refractivity contribution in [2.75, 3.05) is 5.32 Å². The van der Waals surface area contributed by atoms with Crippen LogP contribution in [0.2, 0.25) is 0 Å². The second-order valence-electron chi connectivity index (χ2n) is 2.28. The van der Waals surface area contributed by atoms with Gasteiger partial charge < -0.3 is 14.8 Å². The Labute approximate surface area is 68.8 Å². The Bertz CT molecular complexity index is 279. The SMILES string of the molecule is c1c[nH]c(NCc2ccon2)n1. The maximum absolute atomic E-state index is 4.66. The molecule has 2 N–H and O–H groups in total. The summed E-state index contributed by atoms with van der Waals surface area (Å²) in [6.07, 6.45) is 4.98. The van der Waals surface area contributed by atoms with Gasteiger partial charge in [0.1, 0.15) is 12.0 Å². The Kier molecular flexibility index (Phi) is 1.77. The highest BCUT2D eigenvalue weighted by atomic mass is 16.5. The molecule has 0 radical (unpaired) electrons. The summed E-state index contributed by atoms with van der Waals surface area (Å²) in [5.74, 6) is 0.734. The Hall–Kier alpha value is -1.78. The molecule has 62 valence electrons. The highest BCUT2D eigenvalue weighted by Crippen LogP contribution is 1.99. The number of hydrogen-bond donors (Lipinski definition) is 2. The molecule has 0 aliphatic heterocycles. The predicted molar refractivity (Wildman–Crippen MR) is 42.4 cm³/mol. The van der Waals surface area contributed by atoms with Crippen molar-refractivity contribution in [1.82, 2.24) is 15.1 Å². The highest BCUT2D eigenvalue weighted by molar-refractivity contribution is 5.23. The molecular weight excluding hydrogens is 156 g/mol. The average molecular weight is 164 g/mol. The summed E-state index contributed by atoms with van der Waals surface area (Å²) in [6.45, 7) is 0.615. The van der Waals surface area contributed by atoms with E-state index >= 15 is 0 Å². The van der Waals surface area contributed by atoms with Crippen molar-refractivity contribution in [3.8, 4) is 0 Å². The molecule has 0 aromatic carbocycles. The number of anilines is 1. The van der Waals surface area contributed by atoms with E-state index in [0.717, 1.165) is 11.6 Å². The van der Waals surface area contributed by atoms with Gasteiger partial charge in [-0.25, -0.2) is 4.98 Å². The van der Waals surface area contributed by atoms with Crippen LogP contribution >= 0.6 is 0 Å². The molecule has 2 aromatic heterocycles. The van der Waals surface area contributed by atoms with Crippen molar-refractivity contribution in [2.45, 2.75) is 6.54 Å². The number of hydrogen-bond acceptors (Lipinski definition) is 4. The third-order valence-corrected chi connectivity index (χ3v) is 1.43. The molecule has 0 saturated heterocycles. The smallest absolute Gasteiger partial charge is 0.200 e. The van der Waals surface area contributed by atoms with Crippen molar-refractivity contribution in [2.24, 2.45) is 0 Å². The standard InChI is InChI=1S/C7H8N4O/c1-4-12-11-6(1)5-10-7-8-2-3-9-7/h1-4H,5H2,(H2,8,9,10). The fourth-order valence-corrected chi connectivity index (χ4v) is 0.865. The lowest BCUT2D eigenvalue weighted by Crippen LogP contribution is -2.00. The van der Waals surface area contributed by atoms with Gasteiger partial charge in [0.2, 0.25) is 0 Å². The lowest BCUT2D eigenvalue weighted by molar-refractivity contribution is 0.412. The van der Waals surface area contributed by atoms with Crippen molar-refractivity contribution < 1.29 is 4.52 Å². The molecular formula is C7H8N4O. The minimum Gasteiger partial charge on any atom is -0.364 e. The van der Waals surface area contributed by atoms with Crippen LogP contribution in [0.1, 0.15) is 5.69 Å². The largest absolute Gasteiger partial charge is 0.364 e. The van der Waals surface area contributed by atoms with Crippen molar-refractivity contribution >= 4 is 5.95 Å². The second kappa shape index (κ2) is 3.08. The zero-order valence-electron chi connectivity index (χ0n) is 6.32. The van der Waals surface area contributed by atoms with E-state index in [2.05, 4.69) is 25.0 Å². The zero-order valence-corrected chi connectivity index (χ0v) is 6.32. The fourth-order valence-electron chi connectivity index (χ4n) is 0.865. The number of aromatic nitrogens is 3. The first-order chi connectivity index (χ1) is 5.95. The van der Waals surface area contributed by atoms with E-state index in [1.165, 1.54) is 0 Å². The molecule has 0 amide bonds. The van der Waals surface area contributed by atoms with Gasteiger partial charge in [-0.1, -0.05) is 5.16 Å². The molecule has 12 heavy (non-hydrogen) atoms. The van der Waals surface area contributed by atoms with Gasteiger partial charge in [-0.15, -0.1) is 0 Å². The van der Waals surface area contributed by atoms with Crippen LogP contribution in [0.5, 0.6) is 0 Å². The van der Waals surface area contributed by atoms with E-state index in [4.69, 9.17) is 0 Å². The van der Waals surface area contributed by atoms with Crippen LogP contribution in [0.3, 0.4) is 0 Å². The summed E-state index contributed by atoms with van der Waals surface area (Å²) >= 11 is 0. The number of nitrogens with zero attached hydrogens (tertiary/aromatic N) is 2. The second-order valence-corrected chi connectivity index (χ2v) is 2.28. The number of rotatable bonds is 3. The van der Waals surface area contributed by atoms with Crippen LogP contribution in [0.15, 0.2) is 29.2 Å². The number of H-pyrrole nitrogens is 1.